The predicted molar refractivity (Wildman–Crippen MR) is 69.9 cm³/mol. The van der Waals surface area contributed by atoms with Gasteiger partial charge in [-0.15, -0.1) is 0 Å². The average Bonchev–Trinajstić information content (AvgIpc) is 2.36. The molecule has 8 heteroatoms. The van der Waals surface area contributed by atoms with Gasteiger partial charge in [0.15, 0.2) is 0 Å². The fraction of sp³-hybridized carbons (Fsp3) is 0.909. The average molecular weight is 294 g/mol. The summed E-state index contributed by atoms with van der Waals surface area (Å²) in [7, 11) is -2.06. The van der Waals surface area contributed by atoms with Crippen LogP contribution in [0.4, 0.5) is 0 Å². The summed E-state index contributed by atoms with van der Waals surface area (Å²) in [6, 6.07) is -0.241. The summed E-state index contributed by atoms with van der Waals surface area (Å²) in [5.41, 5.74) is 0. The number of hydrogen-bond acceptors (Lipinski definition) is 4. The minimum Gasteiger partial charge on any atom is -0.481 e. The zero-order valence-electron chi connectivity index (χ0n) is 11.3. The first-order chi connectivity index (χ1) is 8.86. The number of methoxy groups -OCH3 is 1. The standard InChI is InChI=1S/C11H22N2O5S/c1-9(5-7-18-2)12-19(16,17)13-6-3-4-10(8-13)11(14)15/h9-10,12H,3-8H2,1-2H3,(H,14,15). The molecule has 112 valence electrons. The van der Waals surface area contributed by atoms with Crippen molar-refractivity contribution in [3.05, 3.63) is 0 Å². The second-order valence-corrected chi connectivity index (χ2v) is 6.54. The first-order valence-corrected chi connectivity index (χ1v) is 7.80. The van der Waals surface area contributed by atoms with E-state index in [-0.39, 0.29) is 12.6 Å². The van der Waals surface area contributed by atoms with E-state index < -0.39 is 22.1 Å². The van der Waals surface area contributed by atoms with Crippen molar-refractivity contribution in [2.75, 3.05) is 26.8 Å². The fourth-order valence-corrected chi connectivity index (χ4v) is 3.57. The molecular formula is C11H22N2O5S. The maximum Gasteiger partial charge on any atom is 0.307 e. The number of carbonyl (C=O) groups is 1. The van der Waals surface area contributed by atoms with E-state index in [9.17, 15) is 13.2 Å². The van der Waals surface area contributed by atoms with Crippen molar-refractivity contribution < 1.29 is 23.1 Å². The van der Waals surface area contributed by atoms with Crippen LogP contribution in [0.25, 0.3) is 0 Å². The maximum absolute atomic E-state index is 12.1. The fourth-order valence-electron chi connectivity index (χ4n) is 2.04. The Morgan fingerprint density at radius 3 is 2.84 bits per heavy atom. The number of piperidine rings is 1. The van der Waals surface area contributed by atoms with Crippen LogP contribution in [0.1, 0.15) is 26.2 Å². The molecule has 1 heterocycles. The minimum absolute atomic E-state index is 0.0433. The molecule has 0 aromatic rings. The van der Waals surface area contributed by atoms with E-state index in [1.807, 2.05) is 0 Å². The van der Waals surface area contributed by atoms with Crippen LogP contribution in [-0.4, -0.2) is 56.6 Å². The van der Waals surface area contributed by atoms with Crippen LogP contribution in [0.2, 0.25) is 0 Å². The van der Waals surface area contributed by atoms with Crippen molar-refractivity contribution in [3.63, 3.8) is 0 Å². The van der Waals surface area contributed by atoms with Gasteiger partial charge in [-0.2, -0.15) is 17.4 Å². The smallest absolute Gasteiger partial charge is 0.307 e. The summed E-state index contributed by atoms with van der Waals surface area (Å²) in [4.78, 5) is 10.9. The first kappa shape index (κ1) is 16.4. The maximum atomic E-state index is 12.1. The van der Waals surface area contributed by atoms with Crippen molar-refractivity contribution in [1.82, 2.24) is 9.03 Å². The quantitative estimate of drug-likeness (QED) is 0.691. The number of carboxylic acids is 1. The van der Waals surface area contributed by atoms with Crippen molar-refractivity contribution in [1.29, 1.82) is 0 Å². The van der Waals surface area contributed by atoms with Gasteiger partial charge in [0.1, 0.15) is 0 Å². The molecule has 0 aliphatic carbocycles. The summed E-state index contributed by atoms with van der Waals surface area (Å²) in [6.07, 6.45) is 1.68. The normalized spacial score (nSPS) is 23.2. The Balaban J connectivity index is 2.58. The Kier molecular flexibility index (Phi) is 6.18. The Hall–Kier alpha value is -0.700. The van der Waals surface area contributed by atoms with Gasteiger partial charge < -0.3 is 9.84 Å². The lowest BCUT2D eigenvalue weighted by Crippen LogP contribution is -2.49. The summed E-state index contributed by atoms with van der Waals surface area (Å²) >= 11 is 0. The second-order valence-electron chi connectivity index (χ2n) is 4.84. The largest absolute Gasteiger partial charge is 0.481 e. The molecule has 2 atom stereocenters. The van der Waals surface area contributed by atoms with E-state index in [1.54, 1.807) is 14.0 Å². The molecule has 0 radical (unpaired) electrons. The van der Waals surface area contributed by atoms with Crippen LogP contribution in [-0.2, 0) is 19.7 Å². The van der Waals surface area contributed by atoms with Crippen molar-refractivity contribution in [2.24, 2.45) is 5.92 Å². The highest BCUT2D eigenvalue weighted by Gasteiger charge is 2.32. The van der Waals surface area contributed by atoms with Gasteiger partial charge in [0.2, 0.25) is 0 Å². The van der Waals surface area contributed by atoms with Gasteiger partial charge >= 0.3 is 5.97 Å². The topological polar surface area (TPSA) is 95.9 Å². The third-order valence-electron chi connectivity index (χ3n) is 3.18. The van der Waals surface area contributed by atoms with E-state index in [1.165, 1.54) is 4.31 Å². The van der Waals surface area contributed by atoms with Gasteiger partial charge in [0.25, 0.3) is 10.2 Å². The van der Waals surface area contributed by atoms with Crippen molar-refractivity contribution in [3.8, 4) is 0 Å². The number of carboxylic acid groups (broad SMARTS) is 1. The third-order valence-corrected chi connectivity index (χ3v) is 4.89. The molecule has 0 bridgehead atoms. The monoisotopic (exact) mass is 294 g/mol. The number of ether oxygens (including phenoxy) is 1. The molecule has 7 nitrogen and oxygen atoms in total. The zero-order chi connectivity index (χ0) is 14.5. The first-order valence-electron chi connectivity index (χ1n) is 6.36. The molecule has 1 fully saturated rings. The van der Waals surface area contributed by atoms with Crippen LogP contribution in [0.15, 0.2) is 0 Å². The van der Waals surface area contributed by atoms with E-state index in [0.29, 0.717) is 32.4 Å². The Bertz CT molecular complexity index is 398. The molecule has 0 aromatic carbocycles. The van der Waals surface area contributed by atoms with Gasteiger partial charge in [-0.1, -0.05) is 0 Å². The molecular weight excluding hydrogens is 272 g/mol. The van der Waals surface area contributed by atoms with E-state index in [2.05, 4.69) is 4.72 Å². The van der Waals surface area contributed by atoms with Gasteiger partial charge in [-0.25, -0.2) is 0 Å². The summed E-state index contributed by atoms with van der Waals surface area (Å²) < 4.78 is 32.9. The molecule has 1 rings (SSSR count). The molecule has 19 heavy (non-hydrogen) atoms. The van der Waals surface area contributed by atoms with Gasteiger partial charge in [0, 0.05) is 32.8 Å². The zero-order valence-corrected chi connectivity index (χ0v) is 12.1. The molecule has 2 unspecified atom stereocenters. The van der Waals surface area contributed by atoms with Crippen molar-refractivity contribution >= 4 is 16.2 Å². The van der Waals surface area contributed by atoms with Gasteiger partial charge in [-0.05, 0) is 26.2 Å². The molecule has 1 aliphatic heterocycles. The number of nitrogens with zero attached hydrogens (tertiary/aromatic N) is 1. The van der Waals surface area contributed by atoms with Gasteiger partial charge in [-0.3, -0.25) is 4.79 Å². The second kappa shape index (κ2) is 7.18. The Morgan fingerprint density at radius 2 is 2.26 bits per heavy atom. The highest BCUT2D eigenvalue weighted by Crippen LogP contribution is 2.19. The highest BCUT2D eigenvalue weighted by molar-refractivity contribution is 7.87. The summed E-state index contributed by atoms with van der Waals surface area (Å²) in [5, 5.41) is 8.96. The molecule has 0 spiro atoms. The molecule has 0 saturated carbocycles. The van der Waals surface area contributed by atoms with Crippen LogP contribution in [0.5, 0.6) is 0 Å². The number of nitrogens with one attached hydrogen (secondary N) is 1. The molecule has 0 aromatic heterocycles. The van der Waals surface area contributed by atoms with Crippen LogP contribution in [0.3, 0.4) is 0 Å². The van der Waals surface area contributed by atoms with Crippen LogP contribution in [0, 0.1) is 5.92 Å². The lowest BCUT2D eigenvalue weighted by molar-refractivity contribution is -0.142. The molecule has 0 amide bonds. The molecule has 1 saturated heterocycles. The Labute approximate surface area is 114 Å². The lowest BCUT2D eigenvalue weighted by atomic mass is 10.0. The summed E-state index contributed by atoms with van der Waals surface area (Å²) in [5.74, 6) is -1.55. The lowest BCUT2D eigenvalue weighted by Gasteiger charge is -2.30. The number of aliphatic carboxylic acids is 1. The predicted octanol–water partition coefficient (Wildman–Crippen LogP) is 0.0424. The van der Waals surface area contributed by atoms with Crippen molar-refractivity contribution in [2.45, 2.75) is 32.2 Å². The van der Waals surface area contributed by atoms with E-state index >= 15 is 0 Å². The summed E-state index contributed by atoms with van der Waals surface area (Å²) in [6.45, 7) is 2.65. The van der Waals surface area contributed by atoms with Gasteiger partial charge in [0.05, 0.1) is 5.92 Å². The van der Waals surface area contributed by atoms with E-state index in [0.717, 1.165) is 0 Å². The highest BCUT2D eigenvalue weighted by atomic mass is 32.2. The molecule has 2 N–H and O–H groups in total. The van der Waals surface area contributed by atoms with E-state index in [4.69, 9.17) is 9.84 Å². The number of rotatable bonds is 7. The number of hydrogen-bond donors (Lipinski definition) is 2. The van der Waals surface area contributed by atoms with Crippen LogP contribution < -0.4 is 4.72 Å². The Morgan fingerprint density at radius 1 is 1.58 bits per heavy atom. The SMILES string of the molecule is COCCC(C)NS(=O)(=O)N1CCCC(C(=O)O)C1. The third kappa shape index (κ3) is 5.06. The van der Waals surface area contributed by atoms with Crippen LogP contribution >= 0.6 is 0 Å². The minimum atomic E-state index is -3.61. The molecule has 1 aliphatic rings.